The van der Waals surface area contributed by atoms with Crippen molar-refractivity contribution in [2.24, 2.45) is 7.05 Å². The highest BCUT2D eigenvalue weighted by atomic mass is 16.5. The number of hydrogen-bond donors (Lipinski definition) is 2. The quantitative estimate of drug-likeness (QED) is 0.741. The highest BCUT2D eigenvalue weighted by Crippen LogP contribution is 2.28. The van der Waals surface area contributed by atoms with Gasteiger partial charge in [0.15, 0.2) is 11.4 Å². The maximum atomic E-state index is 5.98. The zero-order chi connectivity index (χ0) is 15.8. The minimum absolute atomic E-state index is 0.409. The number of nitrogens with two attached hydrogens (primary N) is 1. The van der Waals surface area contributed by atoms with E-state index in [1.54, 1.807) is 23.3 Å². The molecule has 3 N–H and O–H groups in total. The van der Waals surface area contributed by atoms with E-state index in [1.807, 2.05) is 17.6 Å². The molecule has 0 saturated carbocycles. The third-order valence-electron chi connectivity index (χ3n) is 4.11. The summed E-state index contributed by atoms with van der Waals surface area (Å²) in [6.45, 7) is 1.70. The number of aromatic nitrogens is 5. The first kappa shape index (κ1) is 14.0. The van der Waals surface area contributed by atoms with Gasteiger partial charge in [0.25, 0.3) is 0 Å². The fourth-order valence-corrected chi connectivity index (χ4v) is 2.95. The van der Waals surface area contributed by atoms with Crippen LogP contribution in [-0.2, 0) is 7.05 Å². The molecule has 1 unspecified atom stereocenters. The maximum Gasteiger partial charge on any atom is 0.166 e. The summed E-state index contributed by atoms with van der Waals surface area (Å²) >= 11 is 0. The molecule has 0 radical (unpaired) electrons. The zero-order valence-corrected chi connectivity index (χ0v) is 12.9. The molecule has 4 heterocycles. The third kappa shape index (κ3) is 2.61. The van der Waals surface area contributed by atoms with Crippen LogP contribution >= 0.6 is 0 Å². The van der Waals surface area contributed by atoms with Crippen molar-refractivity contribution in [3.63, 3.8) is 0 Å². The van der Waals surface area contributed by atoms with Gasteiger partial charge in [-0.1, -0.05) is 0 Å². The normalized spacial score (nSPS) is 17.9. The molecule has 0 aromatic carbocycles. The number of ether oxygens (including phenoxy) is 1. The molecule has 3 aromatic rings. The summed E-state index contributed by atoms with van der Waals surface area (Å²) in [5.74, 6) is 1.21. The molecular formula is C15H19N7O. The van der Waals surface area contributed by atoms with Crippen molar-refractivity contribution in [3.8, 4) is 17.1 Å². The second-order valence-corrected chi connectivity index (χ2v) is 5.79. The first-order valence-electron chi connectivity index (χ1n) is 7.69. The van der Waals surface area contributed by atoms with Gasteiger partial charge in [-0.05, 0) is 19.4 Å². The Balaban J connectivity index is 1.64. The van der Waals surface area contributed by atoms with E-state index < -0.39 is 0 Å². The lowest BCUT2D eigenvalue weighted by molar-refractivity contribution is 0.278. The molecule has 8 heteroatoms. The van der Waals surface area contributed by atoms with Crippen molar-refractivity contribution in [1.82, 2.24) is 29.5 Å². The van der Waals surface area contributed by atoms with E-state index in [0.29, 0.717) is 24.1 Å². The molecule has 1 atom stereocenters. The summed E-state index contributed by atoms with van der Waals surface area (Å²) in [7, 11) is 1.88. The summed E-state index contributed by atoms with van der Waals surface area (Å²) < 4.78 is 9.60. The van der Waals surface area contributed by atoms with Crippen LogP contribution in [0.15, 0.2) is 24.8 Å². The smallest absolute Gasteiger partial charge is 0.166 e. The van der Waals surface area contributed by atoms with Gasteiger partial charge in [0.05, 0.1) is 18.6 Å². The highest BCUT2D eigenvalue weighted by Gasteiger charge is 2.18. The second-order valence-electron chi connectivity index (χ2n) is 5.79. The number of nitrogens with one attached hydrogen (secondary N) is 1. The van der Waals surface area contributed by atoms with Crippen molar-refractivity contribution >= 4 is 11.5 Å². The Morgan fingerprint density at radius 3 is 3.13 bits per heavy atom. The van der Waals surface area contributed by atoms with Gasteiger partial charge in [0.1, 0.15) is 23.8 Å². The van der Waals surface area contributed by atoms with Gasteiger partial charge < -0.3 is 20.2 Å². The number of nitrogens with zero attached hydrogens (tertiary/aromatic N) is 5. The van der Waals surface area contributed by atoms with E-state index in [-0.39, 0.29) is 0 Å². The van der Waals surface area contributed by atoms with Crippen LogP contribution in [0.3, 0.4) is 0 Å². The van der Waals surface area contributed by atoms with Crippen LogP contribution in [0.2, 0.25) is 0 Å². The molecule has 4 rings (SSSR count). The van der Waals surface area contributed by atoms with E-state index in [2.05, 4.69) is 20.4 Å². The van der Waals surface area contributed by atoms with Crippen LogP contribution in [0.4, 0.5) is 5.82 Å². The van der Waals surface area contributed by atoms with Crippen LogP contribution in [-0.4, -0.2) is 43.3 Å². The zero-order valence-electron chi connectivity index (χ0n) is 12.9. The average molecular weight is 313 g/mol. The monoisotopic (exact) mass is 313 g/mol. The number of nitrogen functional groups attached to an aromatic ring is 1. The largest absolute Gasteiger partial charge is 0.488 e. The van der Waals surface area contributed by atoms with Crippen LogP contribution in [0.25, 0.3) is 17.0 Å². The standard InChI is InChI=1S/C15H19N7O/c1-21-15(11-7-22-8-13(16)20-14(22)6-18-11)12(5-19-21)23-9-10-3-2-4-17-10/h5-8,10,17H,2-4,9,16H2,1H3. The third-order valence-corrected chi connectivity index (χ3v) is 4.11. The lowest BCUT2D eigenvalue weighted by Crippen LogP contribution is -2.28. The Morgan fingerprint density at radius 2 is 2.30 bits per heavy atom. The predicted molar refractivity (Wildman–Crippen MR) is 86.1 cm³/mol. The minimum Gasteiger partial charge on any atom is -0.488 e. The molecule has 0 aliphatic carbocycles. The Hall–Kier alpha value is -2.61. The summed E-state index contributed by atoms with van der Waals surface area (Å²) in [6.07, 6.45) is 9.43. The Bertz CT molecular complexity index is 832. The molecule has 8 nitrogen and oxygen atoms in total. The molecule has 1 aliphatic rings. The van der Waals surface area contributed by atoms with Gasteiger partial charge in [0, 0.05) is 19.3 Å². The van der Waals surface area contributed by atoms with Crippen LogP contribution in [0.1, 0.15) is 12.8 Å². The number of hydrogen-bond acceptors (Lipinski definition) is 6. The Morgan fingerprint density at radius 1 is 1.39 bits per heavy atom. The van der Waals surface area contributed by atoms with E-state index in [1.165, 1.54) is 6.42 Å². The van der Waals surface area contributed by atoms with E-state index >= 15 is 0 Å². The minimum atomic E-state index is 0.409. The lowest BCUT2D eigenvalue weighted by atomic mass is 10.2. The molecule has 1 saturated heterocycles. The first-order chi connectivity index (χ1) is 11.2. The Labute approximate surface area is 133 Å². The molecule has 120 valence electrons. The van der Waals surface area contributed by atoms with Crippen molar-refractivity contribution in [2.75, 3.05) is 18.9 Å². The van der Waals surface area contributed by atoms with E-state index in [0.717, 1.165) is 30.1 Å². The van der Waals surface area contributed by atoms with Crippen molar-refractivity contribution in [2.45, 2.75) is 18.9 Å². The summed E-state index contributed by atoms with van der Waals surface area (Å²) in [6, 6.07) is 0.409. The van der Waals surface area contributed by atoms with Gasteiger partial charge in [-0.25, -0.2) is 9.97 Å². The van der Waals surface area contributed by atoms with Gasteiger partial charge in [0.2, 0.25) is 0 Å². The van der Waals surface area contributed by atoms with Gasteiger partial charge >= 0.3 is 0 Å². The fourth-order valence-electron chi connectivity index (χ4n) is 2.95. The summed E-state index contributed by atoms with van der Waals surface area (Å²) in [5, 5.41) is 7.73. The van der Waals surface area contributed by atoms with E-state index in [4.69, 9.17) is 10.5 Å². The van der Waals surface area contributed by atoms with Crippen LogP contribution < -0.4 is 15.8 Å². The van der Waals surface area contributed by atoms with Crippen LogP contribution in [0.5, 0.6) is 5.75 Å². The first-order valence-corrected chi connectivity index (χ1v) is 7.69. The SMILES string of the molecule is Cn1ncc(OCC2CCCN2)c1-c1cn2cc(N)nc2cn1. The number of anilines is 1. The molecular weight excluding hydrogens is 294 g/mol. The van der Waals surface area contributed by atoms with Gasteiger partial charge in [-0.15, -0.1) is 0 Å². The van der Waals surface area contributed by atoms with Crippen molar-refractivity contribution < 1.29 is 4.74 Å². The lowest BCUT2D eigenvalue weighted by Gasteiger charge is -2.12. The fraction of sp³-hybridized carbons (Fsp3) is 0.400. The van der Waals surface area contributed by atoms with Crippen LogP contribution in [0, 0.1) is 0 Å². The summed E-state index contributed by atoms with van der Waals surface area (Å²) in [5.41, 5.74) is 8.05. The summed E-state index contributed by atoms with van der Waals surface area (Å²) in [4.78, 5) is 8.65. The van der Waals surface area contributed by atoms with Gasteiger partial charge in [-0.2, -0.15) is 5.10 Å². The van der Waals surface area contributed by atoms with Crippen molar-refractivity contribution in [3.05, 3.63) is 24.8 Å². The molecule has 0 bridgehead atoms. The maximum absolute atomic E-state index is 5.98. The van der Waals surface area contributed by atoms with Crippen molar-refractivity contribution in [1.29, 1.82) is 0 Å². The average Bonchev–Trinajstić information content (AvgIpc) is 3.23. The molecule has 0 amide bonds. The number of aryl methyl sites for hydroxylation is 1. The highest BCUT2D eigenvalue weighted by molar-refractivity contribution is 5.63. The molecule has 1 aliphatic heterocycles. The number of fused-ring (bicyclic) bond motifs is 1. The number of rotatable bonds is 4. The molecule has 1 fully saturated rings. The van der Waals surface area contributed by atoms with E-state index in [9.17, 15) is 0 Å². The molecule has 0 spiro atoms. The topological polar surface area (TPSA) is 95.3 Å². The number of imidazole rings is 1. The predicted octanol–water partition coefficient (Wildman–Crippen LogP) is 0.843. The van der Waals surface area contributed by atoms with Gasteiger partial charge in [-0.3, -0.25) is 4.68 Å². The molecule has 3 aromatic heterocycles. The molecule has 23 heavy (non-hydrogen) atoms. The Kier molecular flexibility index (Phi) is 3.38. The second kappa shape index (κ2) is 5.54.